The molecule has 0 saturated carbocycles. The first kappa shape index (κ1) is 14.3. The van der Waals surface area contributed by atoms with Gasteiger partial charge in [-0.2, -0.15) is 5.10 Å². The molecule has 0 radical (unpaired) electrons. The Morgan fingerprint density at radius 2 is 2.05 bits per heavy atom. The number of hydrogen-bond donors (Lipinski definition) is 0. The first-order valence-electron chi connectivity index (χ1n) is 7.50. The predicted molar refractivity (Wildman–Crippen MR) is 82.9 cm³/mol. The van der Waals surface area contributed by atoms with Crippen LogP contribution >= 0.6 is 0 Å². The van der Waals surface area contributed by atoms with Gasteiger partial charge in [0.25, 0.3) is 0 Å². The Morgan fingerprint density at radius 1 is 1.29 bits per heavy atom. The molecule has 0 N–H and O–H groups in total. The average molecular weight is 285 g/mol. The molecule has 0 bridgehead atoms. The lowest BCUT2D eigenvalue weighted by atomic mass is 9.95. The van der Waals surface area contributed by atoms with Crippen LogP contribution in [-0.4, -0.2) is 34.4 Å². The van der Waals surface area contributed by atoms with E-state index in [4.69, 9.17) is 4.74 Å². The molecule has 21 heavy (non-hydrogen) atoms. The standard InChI is InChI=1S/C17H23N3O/c1-14(15-7-5-4-6-8-15)20-9-10-21-17(2,13-20)16-11-18-19(3)12-16/h4-8,11-12,14H,9-10,13H2,1-3H3/t14-,17-/m0/s1. The number of morpholine rings is 1. The molecule has 4 heteroatoms. The van der Waals surface area contributed by atoms with Gasteiger partial charge in [0.1, 0.15) is 5.60 Å². The van der Waals surface area contributed by atoms with Crippen molar-refractivity contribution in [2.24, 2.45) is 7.05 Å². The first-order chi connectivity index (χ1) is 10.1. The summed E-state index contributed by atoms with van der Waals surface area (Å²) in [5.41, 5.74) is 2.22. The van der Waals surface area contributed by atoms with Crippen LogP contribution < -0.4 is 0 Å². The van der Waals surface area contributed by atoms with Gasteiger partial charge < -0.3 is 4.74 Å². The van der Waals surface area contributed by atoms with Crippen LogP contribution in [0.4, 0.5) is 0 Å². The Balaban J connectivity index is 1.79. The maximum absolute atomic E-state index is 6.09. The number of aromatic nitrogens is 2. The van der Waals surface area contributed by atoms with E-state index in [2.05, 4.69) is 60.4 Å². The Labute approximate surface area is 126 Å². The zero-order valence-corrected chi connectivity index (χ0v) is 13.0. The Kier molecular flexibility index (Phi) is 3.83. The molecule has 1 aromatic carbocycles. The van der Waals surface area contributed by atoms with E-state index in [1.54, 1.807) is 0 Å². The van der Waals surface area contributed by atoms with E-state index in [0.29, 0.717) is 6.04 Å². The number of ether oxygens (including phenoxy) is 1. The smallest absolute Gasteiger partial charge is 0.106 e. The van der Waals surface area contributed by atoms with Crippen molar-refractivity contribution in [1.82, 2.24) is 14.7 Å². The molecular formula is C17H23N3O. The summed E-state index contributed by atoms with van der Waals surface area (Å²) in [5.74, 6) is 0. The molecule has 112 valence electrons. The Morgan fingerprint density at radius 3 is 2.71 bits per heavy atom. The summed E-state index contributed by atoms with van der Waals surface area (Å²) in [7, 11) is 1.94. The molecule has 2 atom stereocenters. The summed E-state index contributed by atoms with van der Waals surface area (Å²) in [6.45, 7) is 7.03. The van der Waals surface area contributed by atoms with Gasteiger partial charge in [-0.25, -0.2) is 0 Å². The second-order valence-electron chi connectivity index (χ2n) is 6.04. The lowest BCUT2D eigenvalue weighted by Crippen LogP contribution is -2.48. The van der Waals surface area contributed by atoms with E-state index in [0.717, 1.165) is 25.3 Å². The molecule has 2 aromatic rings. The van der Waals surface area contributed by atoms with Crippen LogP contribution in [-0.2, 0) is 17.4 Å². The summed E-state index contributed by atoms with van der Waals surface area (Å²) >= 11 is 0. The number of nitrogens with zero attached hydrogens (tertiary/aromatic N) is 3. The first-order valence-corrected chi connectivity index (χ1v) is 7.50. The van der Waals surface area contributed by atoms with E-state index in [1.807, 2.05) is 17.9 Å². The third-order valence-corrected chi connectivity index (χ3v) is 4.45. The molecule has 1 saturated heterocycles. The fraction of sp³-hybridized carbons (Fsp3) is 0.471. The second-order valence-corrected chi connectivity index (χ2v) is 6.04. The quantitative estimate of drug-likeness (QED) is 0.868. The lowest BCUT2D eigenvalue weighted by molar-refractivity contribution is -0.112. The summed E-state index contributed by atoms with van der Waals surface area (Å²) in [6.07, 6.45) is 3.97. The molecule has 0 unspecified atom stereocenters. The summed E-state index contributed by atoms with van der Waals surface area (Å²) in [5, 5.41) is 4.28. The maximum Gasteiger partial charge on any atom is 0.106 e. The zero-order valence-electron chi connectivity index (χ0n) is 13.0. The van der Waals surface area contributed by atoms with Gasteiger partial charge in [0.05, 0.1) is 12.8 Å². The van der Waals surface area contributed by atoms with Gasteiger partial charge in [0, 0.05) is 37.9 Å². The SMILES string of the molecule is C[C@@H](c1ccccc1)N1CCO[C@](C)(c2cnn(C)c2)C1. The molecule has 1 fully saturated rings. The Bertz CT molecular complexity index is 595. The lowest BCUT2D eigenvalue weighted by Gasteiger charge is -2.42. The van der Waals surface area contributed by atoms with Gasteiger partial charge in [-0.05, 0) is 19.4 Å². The topological polar surface area (TPSA) is 30.3 Å². The van der Waals surface area contributed by atoms with E-state index in [9.17, 15) is 0 Å². The molecule has 3 rings (SSSR count). The highest BCUT2D eigenvalue weighted by atomic mass is 16.5. The highest BCUT2D eigenvalue weighted by molar-refractivity contribution is 5.20. The highest BCUT2D eigenvalue weighted by Crippen LogP contribution is 2.33. The highest BCUT2D eigenvalue weighted by Gasteiger charge is 2.36. The molecule has 0 spiro atoms. The normalized spacial score (nSPS) is 24.9. The minimum Gasteiger partial charge on any atom is -0.368 e. The zero-order chi connectivity index (χ0) is 14.9. The predicted octanol–water partition coefficient (Wildman–Crippen LogP) is 2.73. The second kappa shape index (κ2) is 5.62. The number of hydrogen-bond acceptors (Lipinski definition) is 3. The van der Waals surface area contributed by atoms with Crippen molar-refractivity contribution in [3.63, 3.8) is 0 Å². The minimum absolute atomic E-state index is 0.282. The van der Waals surface area contributed by atoms with Crippen LogP contribution in [0.1, 0.15) is 31.0 Å². The van der Waals surface area contributed by atoms with Crippen molar-refractivity contribution < 1.29 is 4.74 Å². The van der Waals surface area contributed by atoms with Crippen LogP contribution in [0.15, 0.2) is 42.7 Å². The molecule has 1 aliphatic heterocycles. The van der Waals surface area contributed by atoms with E-state index < -0.39 is 0 Å². The molecule has 4 nitrogen and oxygen atoms in total. The average Bonchev–Trinajstić information content (AvgIpc) is 2.95. The maximum atomic E-state index is 6.09. The fourth-order valence-corrected chi connectivity index (χ4v) is 3.04. The summed E-state index contributed by atoms with van der Waals surface area (Å²) in [6, 6.07) is 11.1. The van der Waals surface area contributed by atoms with Gasteiger partial charge >= 0.3 is 0 Å². The van der Waals surface area contributed by atoms with Crippen LogP contribution in [0.3, 0.4) is 0 Å². The van der Waals surface area contributed by atoms with Crippen molar-refractivity contribution in [1.29, 1.82) is 0 Å². The van der Waals surface area contributed by atoms with E-state index in [1.165, 1.54) is 5.56 Å². The summed E-state index contributed by atoms with van der Waals surface area (Å²) in [4.78, 5) is 2.49. The molecule has 2 heterocycles. The van der Waals surface area contributed by atoms with Crippen molar-refractivity contribution in [3.05, 3.63) is 53.9 Å². The van der Waals surface area contributed by atoms with Crippen molar-refractivity contribution in [3.8, 4) is 0 Å². The number of rotatable bonds is 3. The van der Waals surface area contributed by atoms with Crippen molar-refractivity contribution in [2.45, 2.75) is 25.5 Å². The molecule has 1 aliphatic rings. The monoisotopic (exact) mass is 285 g/mol. The third-order valence-electron chi connectivity index (χ3n) is 4.45. The van der Waals surface area contributed by atoms with Gasteiger partial charge in [-0.1, -0.05) is 30.3 Å². The van der Waals surface area contributed by atoms with Gasteiger partial charge in [-0.15, -0.1) is 0 Å². The van der Waals surface area contributed by atoms with Gasteiger partial charge in [-0.3, -0.25) is 9.58 Å². The van der Waals surface area contributed by atoms with Gasteiger partial charge in [0.15, 0.2) is 0 Å². The minimum atomic E-state index is -0.282. The molecule has 0 aliphatic carbocycles. The fourth-order valence-electron chi connectivity index (χ4n) is 3.04. The van der Waals surface area contributed by atoms with Crippen LogP contribution in [0.2, 0.25) is 0 Å². The number of aryl methyl sites for hydroxylation is 1. The van der Waals surface area contributed by atoms with Crippen LogP contribution in [0.5, 0.6) is 0 Å². The van der Waals surface area contributed by atoms with Crippen LogP contribution in [0.25, 0.3) is 0 Å². The molecular weight excluding hydrogens is 262 g/mol. The largest absolute Gasteiger partial charge is 0.368 e. The van der Waals surface area contributed by atoms with Crippen LogP contribution in [0, 0.1) is 0 Å². The Hall–Kier alpha value is -1.65. The van der Waals surface area contributed by atoms with Crippen molar-refractivity contribution >= 4 is 0 Å². The molecule has 0 amide bonds. The third kappa shape index (κ3) is 2.87. The summed E-state index contributed by atoms with van der Waals surface area (Å²) < 4.78 is 7.92. The molecule has 1 aromatic heterocycles. The van der Waals surface area contributed by atoms with Gasteiger partial charge in [0.2, 0.25) is 0 Å². The number of benzene rings is 1. The van der Waals surface area contributed by atoms with E-state index >= 15 is 0 Å². The van der Waals surface area contributed by atoms with Crippen molar-refractivity contribution in [2.75, 3.05) is 19.7 Å². The van der Waals surface area contributed by atoms with E-state index in [-0.39, 0.29) is 5.60 Å².